The predicted octanol–water partition coefficient (Wildman–Crippen LogP) is 4.32. The smallest absolute Gasteiger partial charge is 0.419 e. The van der Waals surface area contributed by atoms with Gasteiger partial charge in [-0.15, -0.1) is 0 Å². The van der Waals surface area contributed by atoms with E-state index < -0.39 is 44.0 Å². The van der Waals surface area contributed by atoms with Crippen molar-refractivity contribution in [2.75, 3.05) is 7.11 Å². The SMILES string of the molecule is COc1ccc(C(=O)O)cc1S(=O)(=O)Cc1cc(C(F)(F)F)c(F)cc1-n1cccc1. The molecule has 0 unspecified atom stereocenters. The van der Waals surface area contributed by atoms with Crippen LogP contribution in [0.5, 0.6) is 5.75 Å². The monoisotopic (exact) mass is 457 g/mol. The second-order valence-electron chi connectivity index (χ2n) is 6.48. The number of methoxy groups -OCH3 is 1. The molecule has 0 bridgehead atoms. The van der Waals surface area contributed by atoms with Gasteiger partial charge < -0.3 is 14.4 Å². The lowest BCUT2D eigenvalue weighted by atomic mass is 10.1. The summed E-state index contributed by atoms with van der Waals surface area (Å²) in [4.78, 5) is 10.7. The molecule has 0 spiro atoms. The van der Waals surface area contributed by atoms with Crippen LogP contribution < -0.4 is 4.74 Å². The Balaban J connectivity index is 2.19. The maximum Gasteiger partial charge on any atom is 0.419 e. The zero-order valence-electron chi connectivity index (χ0n) is 15.9. The van der Waals surface area contributed by atoms with Crippen LogP contribution in [-0.4, -0.2) is 31.2 Å². The van der Waals surface area contributed by atoms with E-state index in [9.17, 15) is 30.8 Å². The number of aromatic carboxylic acids is 1. The Morgan fingerprint density at radius 3 is 2.32 bits per heavy atom. The van der Waals surface area contributed by atoms with E-state index in [4.69, 9.17) is 9.84 Å². The summed E-state index contributed by atoms with van der Waals surface area (Å²) in [5.41, 5.74) is -2.39. The van der Waals surface area contributed by atoms with Gasteiger partial charge in [-0.05, 0) is 48.0 Å². The van der Waals surface area contributed by atoms with Gasteiger partial charge in [-0.2, -0.15) is 13.2 Å². The van der Waals surface area contributed by atoms with Crippen LogP contribution in [0.2, 0.25) is 0 Å². The molecule has 0 atom stereocenters. The summed E-state index contributed by atoms with van der Waals surface area (Å²) in [5, 5.41) is 9.15. The molecule has 0 aliphatic rings. The van der Waals surface area contributed by atoms with Crippen LogP contribution in [0.4, 0.5) is 17.6 Å². The lowest BCUT2D eigenvalue weighted by Gasteiger charge is -2.17. The molecule has 0 radical (unpaired) electrons. The van der Waals surface area contributed by atoms with Crippen molar-refractivity contribution in [2.45, 2.75) is 16.8 Å². The molecule has 1 heterocycles. The number of hydrogen-bond donors (Lipinski definition) is 1. The average Bonchev–Trinajstić information content (AvgIpc) is 3.22. The van der Waals surface area contributed by atoms with Crippen LogP contribution in [0.15, 0.2) is 59.8 Å². The molecule has 3 aromatic rings. The van der Waals surface area contributed by atoms with Crippen molar-refractivity contribution in [3.8, 4) is 11.4 Å². The summed E-state index contributed by atoms with van der Waals surface area (Å²) >= 11 is 0. The van der Waals surface area contributed by atoms with Crippen LogP contribution in [0.3, 0.4) is 0 Å². The first-order chi connectivity index (χ1) is 14.4. The van der Waals surface area contributed by atoms with Crippen molar-refractivity contribution in [3.63, 3.8) is 0 Å². The molecule has 11 heteroatoms. The summed E-state index contributed by atoms with van der Waals surface area (Å²) < 4.78 is 86.3. The highest BCUT2D eigenvalue weighted by Gasteiger charge is 2.36. The highest BCUT2D eigenvalue weighted by atomic mass is 32.2. The third kappa shape index (κ3) is 4.55. The van der Waals surface area contributed by atoms with E-state index in [2.05, 4.69) is 0 Å². The van der Waals surface area contributed by atoms with Crippen molar-refractivity contribution >= 4 is 15.8 Å². The van der Waals surface area contributed by atoms with E-state index in [0.29, 0.717) is 12.1 Å². The fourth-order valence-electron chi connectivity index (χ4n) is 3.01. The number of carboxylic acid groups (broad SMARTS) is 1. The number of carboxylic acids is 1. The summed E-state index contributed by atoms with van der Waals surface area (Å²) in [6.07, 6.45) is -2.20. The van der Waals surface area contributed by atoms with Crippen LogP contribution in [0, 0.1) is 5.82 Å². The van der Waals surface area contributed by atoms with Crippen molar-refractivity contribution in [2.24, 2.45) is 0 Å². The topological polar surface area (TPSA) is 85.6 Å². The quantitative estimate of drug-likeness (QED) is 0.558. The van der Waals surface area contributed by atoms with Crippen LogP contribution >= 0.6 is 0 Å². The van der Waals surface area contributed by atoms with Crippen molar-refractivity contribution in [3.05, 3.63) is 77.4 Å². The molecule has 2 aromatic carbocycles. The molecule has 31 heavy (non-hydrogen) atoms. The minimum Gasteiger partial charge on any atom is -0.495 e. The maximum absolute atomic E-state index is 14.2. The number of halogens is 4. The number of nitrogens with zero attached hydrogens (tertiary/aromatic N) is 1. The Kier molecular flexibility index (Phi) is 5.81. The van der Waals surface area contributed by atoms with Gasteiger partial charge in [-0.3, -0.25) is 0 Å². The van der Waals surface area contributed by atoms with Gasteiger partial charge in [0, 0.05) is 12.4 Å². The van der Waals surface area contributed by atoms with Crippen LogP contribution in [0.1, 0.15) is 21.5 Å². The highest BCUT2D eigenvalue weighted by Crippen LogP contribution is 2.36. The van der Waals surface area contributed by atoms with Crippen LogP contribution in [-0.2, 0) is 21.8 Å². The Bertz CT molecular complexity index is 1240. The zero-order valence-corrected chi connectivity index (χ0v) is 16.7. The number of alkyl halides is 3. The maximum atomic E-state index is 14.2. The molecule has 164 valence electrons. The Morgan fingerprint density at radius 2 is 1.77 bits per heavy atom. The zero-order chi connectivity index (χ0) is 23.0. The first kappa shape index (κ1) is 22.3. The molecular formula is C20H15F4NO5S. The largest absolute Gasteiger partial charge is 0.495 e. The molecule has 0 fully saturated rings. The number of sulfone groups is 1. The fourth-order valence-corrected chi connectivity index (χ4v) is 4.57. The Morgan fingerprint density at radius 1 is 1.13 bits per heavy atom. The first-order valence-corrected chi connectivity index (χ1v) is 10.3. The second kappa shape index (κ2) is 8.06. The number of ether oxygens (including phenoxy) is 1. The van der Waals surface area contributed by atoms with Gasteiger partial charge in [-0.1, -0.05) is 0 Å². The minimum absolute atomic E-state index is 0.104. The second-order valence-corrected chi connectivity index (χ2v) is 8.44. The molecule has 0 aliphatic heterocycles. The summed E-state index contributed by atoms with van der Waals surface area (Å²) in [6, 6.07) is 7.24. The molecular weight excluding hydrogens is 442 g/mol. The number of aromatic nitrogens is 1. The minimum atomic E-state index is -5.04. The van der Waals surface area contributed by atoms with Gasteiger partial charge in [0.15, 0.2) is 9.84 Å². The third-order valence-electron chi connectivity index (χ3n) is 4.45. The van der Waals surface area contributed by atoms with E-state index in [1.54, 1.807) is 0 Å². The van der Waals surface area contributed by atoms with Crippen molar-refractivity contribution in [1.29, 1.82) is 0 Å². The number of hydrogen-bond acceptors (Lipinski definition) is 4. The van der Waals surface area contributed by atoms with E-state index >= 15 is 0 Å². The Hall–Kier alpha value is -3.34. The number of benzene rings is 2. The number of carbonyl (C=O) groups is 1. The summed E-state index contributed by atoms with van der Waals surface area (Å²) in [7, 11) is -3.23. The van der Waals surface area contributed by atoms with E-state index in [1.807, 2.05) is 0 Å². The Labute approximate surface area is 174 Å². The molecule has 0 saturated heterocycles. The standard InChI is InChI=1S/C20H15F4NO5S/c1-30-17-5-4-12(19(26)27)9-18(17)31(28,29)11-13-8-14(20(22,23)24)15(21)10-16(13)25-6-2-3-7-25/h2-10H,11H2,1H3,(H,26,27). The van der Waals surface area contributed by atoms with Gasteiger partial charge in [0.25, 0.3) is 0 Å². The van der Waals surface area contributed by atoms with E-state index in [-0.39, 0.29) is 22.6 Å². The van der Waals surface area contributed by atoms with Gasteiger partial charge in [0.05, 0.1) is 29.7 Å². The molecule has 0 aliphatic carbocycles. The van der Waals surface area contributed by atoms with Crippen LogP contribution in [0.25, 0.3) is 5.69 Å². The van der Waals surface area contributed by atoms with E-state index in [1.165, 1.54) is 36.2 Å². The fraction of sp³-hybridized carbons (Fsp3) is 0.150. The highest BCUT2D eigenvalue weighted by molar-refractivity contribution is 7.90. The normalized spacial score (nSPS) is 12.0. The van der Waals surface area contributed by atoms with Gasteiger partial charge >= 0.3 is 12.1 Å². The molecule has 0 amide bonds. The van der Waals surface area contributed by atoms with Crippen molar-refractivity contribution in [1.82, 2.24) is 4.57 Å². The molecule has 1 aromatic heterocycles. The average molecular weight is 457 g/mol. The van der Waals surface area contributed by atoms with Gasteiger partial charge in [-0.25, -0.2) is 17.6 Å². The first-order valence-electron chi connectivity index (χ1n) is 8.61. The number of rotatable bonds is 6. The molecule has 6 nitrogen and oxygen atoms in total. The van der Waals surface area contributed by atoms with Gasteiger partial charge in [0.2, 0.25) is 0 Å². The molecule has 3 rings (SSSR count). The predicted molar refractivity (Wildman–Crippen MR) is 102 cm³/mol. The molecule has 0 saturated carbocycles. The van der Waals surface area contributed by atoms with E-state index in [0.717, 1.165) is 18.2 Å². The third-order valence-corrected chi connectivity index (χ3v) is 6.13. The lowest BCUT2D eigenvalue weighted by Crippen LogP contribution is -2.14. The lowest BCUT2D eigenvalue weighted by molar-refractivity contribution is -0.140. The summed E-state index contributed by atoms with van der Waals surface area (Å²) in [6.45, 7) is 0. The van der Waals surface area contributed by atoms with Gasteiger partial charge in [0.1, 0.15) is 16.5 Å². The summed E-state index contributed by atoms with van der Waals surface area (Å²) in [5.74, 6) is -4.08. The van der Waals surface area contributed by atoms with Crippen molar-refractivity contribution < 1.29 is 40.6 Å². The molecule has 1 N–H and O–H groups in total.